The predicted molar refractivity (Wildman–Crippen MR) is 124 cm³/mol. The van der Waals surface area contributed by atoms with E-state index in [2.05, 4.69) is 15.3 Å². The molecule has 4 rings (SSSR count). The summed E-state index contributed by atoms with van der Waals surface area (Å²) >= 11 is 6.08. The van der Waals surface area contributed by atoms with Crippen molar-refractivity contribution in [3.8, 4) is 0 Å². The summed E-state index contributed by atoms with van der Waals surface area (Å²) in [7, 11) is 0. The van der Waals surface area contributed by atoms with Crippen molar-refractivity contribution in [2.45, 2.75) is 38.1 Å². The van der Waals surface area contributed by atoms with Crippen molar-refractivity contribution in [2.24, 2.45) is 5.73 Å². The molecule has 1 saturated heterocycles. The maximum Gasteiger partial charge on any atom is 0.270 e. The van der Waals surface area contributed by atoms with Crippen molar-refractivity contribution in [1.29, 1.82) is 0 Å². The SMILES string of the molecule is NCc1ccc(Cl)cc1CNC(=O)[C@@H]1CCCN1C(=O)c1cc(C(O)c2cccnc2)c[nH]1. The summed E-state index contributed by atoms with van der Waals surface area (Å²) < 4.78 is 0. The van der Waals surface area contributed by atoms with E-state index < -0.39 is 12.1 Å². The number of nitrogens with one attached hydrogen (secondary N) is 2. The zero-order valence-corrected chi connectivity index (χ0v) is 18.8. The Morgan fingerprint density at radius 3 is 2.88 bits per heavy atom. The summed E-state index contributed by atoms with van der Waals surface area (Å²) in [5.41, 5.74) is 9.06. The van der Waals surface area contributed by atoms with Crippen LogP contribution in [-0.4, -0.2) is 44.4 Å². The first-order valence-electron chi connectivity index (χ1n) is 10.8. The highest BCUT2D eigenvalue weighted by Crippen LogP contribution is 2.25. The van der Waals surface area contributed by atoms with Crippen molar-refractivity contribution in [1.82, 2.24) is 20.2 Å². The second-order valence-electron chi connectivity index (χ2n) is 8.03. The zero-order chi connectivity index (χ0) is 23.4. The van der Waals surface area contributed by atoms with E-state index in [9.17, 15) is 14.7 Å². The number of likely N-dealkylation sites (tertiary alicyclic amines) is 1. The normalized spacial score (nSPS) is 16.6. The number of hydrogen-bond donors (Lipinski definition) is 4. The maximum absolute atomic E-state index is 13.1. The third-order valence-electron chi connectivity index (χ3n) is 5.91. The number of amides is 2. The van der Waals surface area contributed by atoms with Crippen molar-refractivity contribution in [3.63, 3.8) is 0 Å². The number of pyridine rings is 1. The van der Waals surface area contributed by atoms with E-state index in [1.165, 1.54) is 0 Å². The van der Waals surface area contributed by atoms with Crippen LogP contribution in [0.25, 0.3) is 0 Å². The molecular formula is C24H26ClN5O3. The number of benzene rings is 1. The molecule has 2 atom stereocenters. The van der Waals surface area contributed by atoms with Gasteiger partial charge >= 0.3 is 0 Å². The van der Waals surface area contributed by atoms with Gasteiger partial charge in [0, 0.05) is 54.4 Å². The molecule has 0 spiro atoms. The maximum atomic E-state index is 13.1. The fourth-order valence-corrected chi connectivity index (χ4v) is 4.31. The molecule has 172 valence electrons. The van der Waals surface area contributed by atoms with E-state index in [0.717, 1.165) is 17.5 Å². The van der Waals surface area contributed by atoms with Gasteiger partial charge in [-0.3, -0.25) is 14.6 Å². The number of carbonyl (C=O) groups is 2. The lowest BCUT2D eigenvalue weighted by atomic mass is 10.1. The summed E-state index contributed by atoms with van der Waals surface area (Å²) in [5, 5.41) is 14.1. The fraction of sp³-hybridized carbons (Fsp3) is 0.292. The lowest BCUT2D eigenvalue weighted by Crippen LogP contribution is -2.45. The first-order valence-corrected chi connectivity index (χ1v) is 11.2. The molecule has 3 heterocycles. The first-order chi connectivity index (χ1) is 16.0. The Morgan fingerprint density at radius 1 is 1.27 bits per heavy atom. The molecule has 2 aromatic heterocycles. The van der Waals surface area contributed by atoms with Crippen molar-refractivity contribution in [2.75, 3.05) is 6.54 Å². The van der Waals surface area contributed by atoms with Gasteiger partial charge in [0.2, 0.25) is 5.91 Å². The average Bonchev–Trinajstić information content (AvgIpc) is 3.53. The van der Waals surface area contributed by atoms with Crippen LogP contribution in [0.1, 0.15) is 51.7 Å². The van der Waals surface area contributed by atoms with Gasteiger partial charge in [-0.25, -0.2) is 0 Å². The smallest absolute Gasteiger partial charge is 0.270 e. The van der Waals surface area contributed by atoms with Crippen LogP contribution in [0.15, 0.2) is 55.0 Å². The molecule has 0 saturated carbocycles. The van der Waals surface area contributed by atoms with Crippen LogP contribution in [0.5, 0.6) is 0 Å². The van der Waals surface area contributed by atoms with Crippen LogP contribution in [0.2, 0.25) is 5.02 Å². The zero-order valence-electron chi connectivity index (χ0n) is 18.0. The van der Waals surface area contributed by atoms with E-state index in [1.807, 2.05) is 6.07 Å². The summed E-state index contributed by atoms with van der Waals surface area (Å²) in [6.07, 6.45) is 5.23. The second kappa shape index (κ2) is 10.2. The average molecular weight is 468 g/mol. The molecule has 0 bridgehead atoms. The van der Waals surface area contributed by atoms with Gasteiger partial charge in [0.25, 0.3) is 5.91 Å². The van der Waals surface area contributed by atoms with E-state index in [-0.39, 0.29) is 18.4 Å². The van der Waals surface area contributed by atoms with Gasteiger partial charge in [-0.1, -0.05) is 23.7 Å². The Labute approximate surface area is 196 Å². The topological polar surface area (TPSA) is 124 Å². The van der Waals surface area contributed by atoms with E-state index in [1.54, 1.807) is 53.8 Å². The van der Waals surface area contributed by atoms with Crippen molar-refractivity contribution >= 4 is 23.4 Å². The highest BCUT2D eigenvalue weighted by atomic mass is 35.5. The van der Waals surface area contributed by atoms with Crippen LogP contribution in [-0.2, 0) is 17.9 Å². The summed E-state index contributed by atoms with van der Waals surface area (Å²) in [6, 6.07) is 9.96. The number of nitrogens with zero attached hydrogens (tertiary/aromatic N) is 2. The number of aliphatic hydroxyl groups is 1. The number of aromatic nitrogens is 2. The molecule has 1 aromatic carbocycles. The molecule has 1 fully saturated rings. The number of rotatable bonds is 7. The molecule has 0 radical (unpaired) electrons. The standard InChI is InChI=1S/C24H26ClN5O3/c25-19-6-5-15(11-26)17(9-19)13-29-23(32)21-4-2-8-30(21)24(33)20-10-18(14-28-20)22(31)16-3-1-7-27-12-16/h1,3,5-7,9-10,12,14,21-22,28,31H,2,4,8,11,13,26H2,(H,29,32)/t21-,22?/m0/s1. The lowest BCUT2D eigenvalue weighted by molar-refractivity contribution is -0.125. The van der Waals surface area contributed by atoms with E-state index in [0.29, 0.717) is 41.4 Å². The van der Waals surface area contributed by atoms with Crippen LogP contribution >= 0.6 is 11.6 Å². The molecule has 3 aromatic rings. The minimum Gasteiger partial charge on any atom is -0.384 e. The molecule has 8 nitrogen and oxygen atoms in total. The minimum absolute atomic E-state index is 0.217. The van der Waals surface area contributed by atoms with Crippen LogP contribution in [0.3, 0.4) is 0 Å². The number of carbonyl (C=O) groups excluding carboxylic acids is 2. The Bertz CT molecular complexity index is 1130. The van der Waals surface area contributed by atoms with Gasteiger partial charge in [-0.15, -0.1) is 0 Å². The first kappa shape index (κ1) is 23.0. The number of hydrogen-bond acceptors (Lipinski definition) is 5. The summed E-state index contributed by atoms with van der Waals surface area (Å²) in [6.45, 7) is 1.12. The number of nitrogens with two attached hydrogens (primary N) is 1. The number of halogens is 1. The Hall–Kier alpha value is -3.20. The lowest BCUT2D eigenvalue weighted by Gasteiger charge is -2.23. The van der Waals surface area contributed by atoms with Crippen LogP contribution in [0.4, 0.5) is 0 Å². The highest BCUT2D eigenvalue weighted by molar-refractivity contribution is 6.30. The Morgan fingerprint density at radius 2 is 2.12 bits per heavy atom. The van der Waals surface area contributed by atoms with Gasteiger partial charge in [-0.05, 0) is 48.2 Å². The third-order valence-corrected chi connectivity index (χ3v) is 6.14. The summed E-state index contributed by atoms with van der Waals surface area (Å²) in [5.74, 6) is -0.492. The van der Waals surface area contributed by atoms with Gasteiger partial charge in [0.05, 0.1) is 0 Å². The number of H-pyrrole nitrogens is 1. The molecule has 2 amide bonds. The van der Waals surface area contributed by atoms with Gasteiger partial charge < -0.3 is 26.0 Å². The monoisotopic (exact) mass is 467 g/mol. The molecule has 0 aliphatic carbocycles. The minimum atomic E-state index is -0.899. The Kier molecular flexibility index (Phi) is 7.08. The number of aromatic amines is 1. The predicted octanol–water partition coefficient (Wildman–Crippen LogP) is 2.52. The molecule has 9 heteroatoms. The fourth-order valence-electron chi connectivity index (χ4n) is 4.12. The highest BCUT2D eigenvalue weighted by Gasteiger charge is 2.35. The molecular weight excluding hydrogens is 442 g/mol. The van der Waals surface area contributed by atoms with Crippen LogP contribution < -0.4 is 11.1 Å². The molecule has 1 aliphatic heterocycles. The number of aliphatic hydroxyl groups excluding tert-OH is 1. The largest absolute Gasteiger partial charge is 0.384 e. The molecule has 1 aliphatic rings. The van der Waals surface area contributed by atoms with E-state index >= 15 is 0 Å². The van der Waals surface area contributed by atoms with Crippen LogP contribution in [0, 0.1) is 0 Å². The van der Waals surface area contributed by atoms with Gasteiger partial charge in [-0.2, -0.15) is 0 Å². The molecule has 1 unspecified atom stereocenters. The summed E-state index contributed by atoms with van der Waals surface area (Å²) in [4.78, 5) is 34.6. The molecule has 5 N–H and O–H groups in total. The van der Waals surface area contributed by atoms with E-state index in [4.69, 9.17) is 17.3 Å². The van der Waals surface area contributed by atoms with Gasteiger partial charge in [0.1, 0.15) is 17.8 Å². The third kappa shape index (κ3) is 5.08. The Balaban J connectivity index is 1.43. The quantitative estimate of drug-likeness (QED) is 0.425. The van der Waals surface area contributed by atoms with Crippen molar-refractivity contribution in [3.05, 3.63) is 88.0 Å². The van der Waals surface area contributed by atoms with Crippen molar-refractivity contribution < 1.29 is 14.7 Å². The molecule has 33 heavy (non-hydrogen) atoms. The van der Waals surface area contributed by atoms with Gasteiger partial charge in [0.15, 0.2) is 0 Å². The second-order valence-corrected chi connectivity index (χ2v) is 8.46.